The number of esters is 2. The quantitative estimate of drug-likeness (QED) is 0.0198. The molecule has 0 saturated carbocycles. The van der Waals surface area contributed by atoms with Gasteiger partial charge in [-0.05, 0) is 83.5 Å². The van der Waals surface area contributed by atoms with E-state index in [1.165, 1.54) is 70.6 Å². The average Bonchev–Trinajstić information content (AvgIpc) is 3.24. The summed E-state index contributed by atoms with van der Waals surface area (Å²) in [6, 6.07) is -0.742. The van der Waals surface area contributed by atoms with E-state index in [2.05, 4.69) is 111 Å². The average molecular weight is 878 g/mol. The molecule has 358 valence electrons. The number of hydrogen-bond acceptors (Lipinski definition) is 7. The van der Waals surface area contributed by atoms with Crippen molar-refractivity contribution in [3.8, 4) is 0 Å². The number of allylic oxidation sites excluding steroid dienone is 16. The third kappa shape index (κ3) is 43.3. The second kappa shape index (κ2) is 44.8. The maximum absolute atomic E-state index is 12.8. The van der Waals surface area contributed by atoms with Crippen LogP contribution in [0.5, 0.6) is 0 Å². The maximum atomic E-state index is 12.8. The van der Waals surface area contributed by atoms with E-state index in [1.54, 1.807) is 21.1 Å². The number of aliphatic carboxylic acids is 1. The predicted octanol–water partition coefficient (Wildman–Crippen LogP) is 12.9. The lowest BCUT2D eigenvalue weighted by Crippen LogP contribution is -2.55. The molecule has 0 radical (unpaired) electrons. The van der Waals surface area contributed by atoms with Gasteiger partial charge in [0.05, 0.1) is 40.3 Å². The van der Waals surface area contributed by atoms with Gasteiger partial charge in [0.2, 0.25) is 0 Å². The van der Waals surface area contributed by atoms with E-state index < -0.39 is 18.1 Å². The Kier molecular flexibility index (Phi) is 42.2. The van der Waals surface area contributed by atoms with Gasteiger partial charge in [0.1, 0.15) is 12.6 Å². The van der Waals surface area contributed by atoms with Crippen LogP contribution in [0.15, 0.2) is 97.2 Å². The van der Waals surface area contributed by atoms with Gasteiger partial charge in [-0.2, -0.15) is 0 Å². The van der Waals surface area contributed by atoms with E-state index in [4.69, 9.17) is 14.2 Å². The van der Waals surface area contributed by atoms with Crippen molar-refractivity contribution in [2.24, 2.45) is 0 Å². The number of carboxylic acids is 1. The molecular formula is C55H91NO7. The summed E-state index contributed by atoms with van der Waals surface area (Å²) in [5.41, 5.74) is 0. The molecule has 0 fully saturated rings. The minimum absolute atomic E-state index is 0.0109. The van der Waals surface area contributed by atoms with Crippen LogP contribution in [0.2, 0.25) is 0 Å². The van der Waals surface area contributed by atoms with E-state index in [9.17, 15) is 19.5 Å². The van der Waals surface area contributed by atoms with E-state index >= 15 is 0 Å². The molecule has 2 unspecified atom stereocenters. The highest BCUT2D eigenvalue weighted by Crippen LogP contribution is 2.14. The van der Waals surface area contributed by atoms with Crippen molar-refractivity contribution in [3.63, 3.8) is 0 Å². The molecule has 0 aliphatic heterocycles. The van der Waals surface area contributed by atoms with Crippen LogP contribution in [0.25, 0.3) is 0 Å². The van der Waals surface area contributed by atoms with Gasteiger partial charge in [-0.3, -0.25) is 9.59 Å². The largest absolute Gasteiger partial charge is 0.544 e. The summed E-state index contributed by atoms with van der Waals surface area (Å²) in [4.78, 5) is 37.0. The Morgan fingerprint density at radius 2 is 0.952 bits per heavy atom. The van der Waals surface area contributed by atoms with Crippen LogP contribution in [-0.4, -0.2) is 75.5 Å². The van der Waals surface area contributed by atoms with Crippen molar-refractivity contribution in [3.05, 3.63) is 97.2 Å². The van der Waals surface area contributed by atoms with Crippen molar-refractivity contribution < 1.29 is 38.2 Å². The Morgan fingerprint density at radius 3 is 1.44 bits per heavy atom. The number of quaternary nitrogens is 1. The number of ether oxygens (including phenoxy) is 3. The van der Waals surface area contributed by atoms with Gasteiger partial charge >= 0.3 is 11.9 Å². The lowest BCUT2D eigenvalue weighted by molar-refractivity contribution is -0.889. The second-order valence-electron chi connectivity index (χ2n) is 17.3. The highest BCUT2D eigenvalue weighted by Gasteiger charge is 2.25. The Bertz CT molecular complexity index is 1350. The minimum Gasteiger partial charge on any atom is -0.544 e. The van der Waals surface area contributed by atoms with E-state index in [0.29, 0.717) is 12.8 Å². The Balaban J connectivity index is 4.40. The van der Waals surface area contributed by atoms with Crippen molar-refractivity contribution in [1.82, 2.24) is 0 Å². The highest BCUT2D eigenvalue weighted by molar-refractivity contribution is 5.70. The fourth-order valence-corrected chi connectivity index (χ4v) is 6.66. The summed E-state index contributed by atoms with van der Waals surface area (Å²) in [6.45, 7) is 4.45. The van der Waals surface area contributed by atoms with Crippen LogP contribution in [0.3, 0.4) is 0 Å². The normalized spacial score (nSPS) is 13.7. The zero-order valence-electron chi connectivity index (χ0n) is 40.7. The summed E-state index contributed by atoms with van der Waals surface area (Å²) >= 11 is 0. The number of carbonyl (C=O) groups is 3. The standard InChI is InChI=1S/C55H91NO7/c1-6-8-10-12-14-16-18-20-22-24-26-28-30-32-34-36-38-40-42-44-46-54(58)63-51(49-61-48-47-52(55(59)60)56(3,4)5)50-62-53(57)45-43-41-39-37-35-33-31-29-27-25-23-21-19-17-15-13-11-9-7-2/h8,10,14-17,19-22,26,28,32,34,38,40,51-52H,6-7,9,11-13,18,23-25,27,29-31,33,35-37,39,41-50H2,1-5H3/b10-8+,16-14+,17-15+,21-19+,22-20+,28-26+,34-32+,40-38+. The van der Waals surface area contributed by atoms with E-state index in [1.807, 2.05) is 0 Å². The minimum atomic E-state index is -1.14. The van der Waals surface area contributed by atoms with Crippen molar-refractivity contribution in [1.29, 1.82) is 0 Å². The third-order valence-corrected chi connectivity index (χ3v) is 10.5. The molecule has 0 aromatic rings. The number of unbranched alkanes of at least 4 members (excludes halogenated alkanes) is 14. The smallest absolute Gasteiger partial charge is 0.306 e. The molecule has 0 N–H and O–H groups in total. The van der Waals surface area contributed by atoms with Gasteiger partial charge in [-0.15, -0.1) is 0 Å². The monoisotopic (exact) mass is 878 g/mol. The van der Waals surface area contributed by atoms with Crippen LogP contribution in [-0.2, 0) is 28.6 Å². The fourth-order valence-electron chi connectivity index (χ4n) is 6.66. The Morgan fingerprint density at radius 1 is 0.508 bits per heavy atom. The molecular weight excluding hydrogens is 787 g/mol. The van der Waals surface area contributed by atoms with Gasteiger partial charge in [0.25, 0.3) is 0 Å². The highest BCUT2D eigenvalue weighted by atomic mass is 16.6. The lowest BCUT2D eigenvalue weighted by Gasteiger charge is -2.34. The van der Waals surface area contributed by atoms with Gasteiger partial charge in [0.15, 0.2) is 6.10 Å². The molecule has 8 nitrogen and oxygen atoms in total. The molecule has 63 heavy (non-hydrogen) atoms. The molecule has 8 heteroatoms. The molecule has 0 aliphatic carbocycles. The summed E-state index contributed by atoms with van der Waals surface area (Å²) in [5.74, 6) is -1.83. The number of rotatable bonds is 43. The summed E-state index contributed by atoms with van der Waals surface area (Å²) in [5, 5.41) is 11.7. The van der Waals surface area contributed by atoms with Crippen molar-refractivity contribution in [2.75, 3.05) is 41.0 Å². The molecule has 2 atom stereocenters. The van der Waals surface area contributed by atoms with Crippen LogP contribution in [0.1, 0.15) is 181 Å². The molecule has 0 aromatic heterocycles. The van der Waals surface area contributed by atoms with Gasteiger partial charge < -0.3 is 28.6 Å². The SMILES string of the molecule is CC/C=C/C/C=C/C/C=C/C/C=C/C/C=C/C/C=C/CCCC(=O)OC(COCCC(C(=O)[O-])[N+](C)(C)C)COC(=O)CCCCCCCCCCCC/C=C/C=C/CCCCC. The van der Waals surface area contributed by atoms with Crippen LogP contribution in [0.4, 0.5) is 0 Å². The number of carbonyl (C=O) groups excluding carboxylic acids is 3. The summed E-state index contributed by atoms with van der Waals surface area (Å²) in [6.07, 6.45) is 60.1. The van der Waals surface area contributed by atoms with Crippen LogP contribution < -0.4 is 5.11 Å². The first-order valence-corrected chi connectivity index (χ1v) is 24.8. The fraction of sp³-hybridized carbons (Fsp3) is 0.655. The molecule has 0 saturated heterocycles. The first-order valence-electron chi connectivity index (χ1n) is 24.8. The van der Waals surface area contributed by atoms with Gasteiger partial charge in [-0.1, -0.05) is 175 Å². The summed E-state index contributed by atoms with van der Waals surface area (Å²) < 4.78 is 17.2. The molecule has 0 aliphatic rings. The predicted molar refractivity (Wildman–Crippen MR) is 263 cm³/mol. The van der Waals surface area contributed by atoms with Gasteiger partial charge in [-0.25, -0.2) is 0 Å². The molecule has 0 bridgehead atoms. The topological polar surface area (TPSA) is 102 Å². The zero-order chi connectivity index (χ0) is 46.3. The van der Waals surface area contributed by atoms with Crippen molar-refractivity contribution >= 4 is 17.9 Å². The zero-order valence-corrected chi connectivity index (χ0v) is 40.7. The van der Waals surface area contributed by atoms with E-state index in [0.717, 1.165) is 70.6 Å². The molecule has 0 aromatic carbocycles. The number of likely N-dealkylation sites (N-methyl/N-ethyl adjacent to an activating group) is 1. The summed E-state index contributed by atoms with van der Waals surface area (Å²) in [7, 11) is 5.38. The molecule has 0 spiro atoms. The number of carboxylic acid groups (broad SMARTS) is 1. The number of nitrogens with zero attached hydrogens (tertiary/aromatic N) is 1. The van der Waals surface area contributed by atoms with Crippen molar-refractivity contribution in [2.45, 2.75) is 193 Å². The van der Waals surface area contributed by atoms with Gasteiger partial charge in [0, 0.05) is 19.3 Å². The Labute approximate surface area is 386 Å². The van der Waals surface area contributed by atoms with E-state index in [-0.39, 0.29) is 49.1 Å². The second-order valence-corrected chi connectivity index (χ2v) is 17.3. The third-order valence-electron chi connectivity index (χ3n) is 10.5. The molecule has 0 rings (SSSR count). The molecule has 0 amide bonds. The molecule has 0 heterocycles. The first kappa shape index (κ1) is 59.2. The lowest BCUT2D eigenvalue weighted by atomic mass is 10.1. The van der Waals surface area contributed by atoms with Crippen LogP contribution in [0, 0.1) is 0 Å². The van der Waals surface area contributed by atoms with Crippen LogP contribution >= 0.6 is 0 Å². The first-order chi connectivity index (χ1) is 30.6. The maximum Gasteiger partial charge on any atom is 0.306 e. The Hall–Kier alpha value is -3.75. The number of hydrogen-bond donors (Lipinski definition) is 0.